The molecular formula is C18H17N3O4. The van der Waals surface area contributed by atoms with Crippen LogP contribution < -0.4 is 0 Å². The Labute approximate surface area is 144 Å². The summed E-state index contributed by atoms with van der Waals surface area (Å²) in [6, 6.07) is 11.1. The quantitative estimate of drug-likeness (QED) is 0.830. The molecule has 4 heterocycles. The van der Waals surface area contributed by atoms with Crippen LogP contribution in [0.4, 0.5) is 0 Å². The van der Waals surface area contributed by atoms with E-state index >= 15 is 0 Å². The van der Waals surface area contributed by atoms with E-state index in [-0.39, 0.29) is 36.1 Å². The molecule has 128 valence electrons. The maximum atomic E-state index is 12.8. The number of ether oxygens (including phenoxy) is 1. The van der Waals surface area contributed by atoms with Gasteiger partial charge in [-0.1, -0.05) is 35.5 Å². The average Bonchev–Trinajstić information content (AvgIpc) is 3.38. The lowest BCUT2D eigenvalue weighted by Gasteiger charge is -2.33. The zero-order valence-electron chi connectivity index (χ0n) is 13.5. The largest absolute Gasteiger partial charge is 0.351 e. The molecule has 3 aliphatic heterocycles. The molecule has 0 aliphatic carbocycles. The number of carbonyl (C=O) groups excluding carboxylic acids is 2. The third kappa shape index (κ3) is 1.93. The van der Waals surface area contributed by atoms with Crippen molar-refractivity contribution in [1.82, 2.24) is 15.0 Å². The summed E-state index contributed by atoms with van der Waals surface area (Å²) >= 11 is 0. The Balaban J connectivity index is 1.48. The van der Waals surface area contributed by atoms with Gasteiger partial charge in [-0.3, -0.25) is 9.59 Å². The van der Waals surface area contributed by atoms with Crippen LogP contribution in [0.15, 0.2) is 47.1 Å². The second-order valence-corrected chi connectivity index (χ2v) is 6.69. The lowest BCUT2D eigenvalue weighted by molar-refractivity contribution is -0.138. The maximum absolute atomic E-state index is 12.8. The number of nitrogens with zero attached hydrogens (tertiary/aromatic N) is 3. The molecular weight excluding hydrogens is 322 g/mol. The van der Waals surface area contributed by atoms with Crippen molar-refractivity contribution in [3.8, 4) is 0 Å². The normalized spacial score (nSPS) is 30.6. The molecule has 1 spiro atoms. The number of rotatable bonds is 2. The molecule has 7 heteroatoms. The summed E-state index contributed by atoms with van der Waals surface area (Å²) in [6.07, 6.45) is 2.35. The fourth-order valence-corrected chi connectivity index (χ4v) is 4.48. The molecule has 0 N–H and O–H groups in total. The molecule has 0 bridgehead atoms. The molecule has 0 radical (unpaired) electrons. The van der Waals surface area contributed by atoms with E-state index in [0.29, 0.717) is 19.6 Å². The molecule has 3 aliphatic rings. The zero-order chi connectivity index (χ0) is 17.0. The fraction of sp³-hybridized carbons (Fsp3) is 0.389. The van der Waals surface area contributed by atoms with Gasteiger partial charge in [0, 0.05) is 19.0 Å². The van der Waals surface area contributed by atoms with Crippen LogP contribution in [0.5, 0.6) is 0 Å². The van der Waals surface area contributed by atoms with E-state index in [4.69, 9.17) is 9.26 Å². The zero-order valence-corrected chi connectivity index (χ0v) is 13.5. The van der Waals surface area contributed by atoms with Gasteiger partial charge in [-0.25, -0.2) is 0 Å². The minimum absolute atomic E-state index is 0.0337. The van der Waals surface area contributed by atoms with E-state index in [0.717, 1.165) is 5.56 Å². The second kappa shape index (κ2) is 5.16. The maximum Gasteiger partial charge on any atom is 0.292 e. The van der Waals surface area contributed by atoms with Crippen molar-refractivity contribution in [2.75, 3.05) is 13.2 Å². The summed E-state index contributed by atoms with van der Waals surface area (Å²) in [7, 11) is 0. The van der Waals surface area contributed by atoms with Crippen LogP contribution in [0.25, 0.3) is 0 Å². The Bertz CT molecular complexity index is 822. The van der Waals surface area contributed by atoms with Crippen LogP contribution in [0.1, 0.15) is 35.0 Å². The van der Waals surface area contributed by atoms with E-state index in [1.54, 1.807) is 11.0 Å². The van der Waals surface area contributed by atoms with Gasteiger partial charge >= 0.3 is 0 Å². The molecule has 5 rings (SSSR count). The van der Waals surface area contributed by atoms with Crippen molar-refractivity contribution in [3.63, 3.8) is 0 Å². The number of carbonyl (C=O) groups is 2. The van der Waals surface area contributed by atoms with Gasteiger partial charge in [0.15, 0.2) is 5.72 Å². The first-order valence-electron chi connectivity index (χ1n) is 8.43. The Hall–Kier alpha value is -2.67. The van der Waals surface area contributed by atoms with Crippen molar-refractivity contribution < 1.29 is 18.8 Å². The fourth-order valence-electron chi connectivity index (χ4n) is 4.48. The minimum atomic E-state index is -0.715. The molecule has 3 atom stereocenters. The average molecular weight is 339 g/mol. The predicted octanol–water partition coefficient (Wildman–Crippen LogP) is 1.59. The summed E-state index contributed by atoms with van der Waals surface area (Å²) in [6.45, 7) is 0.992. The van der Waals surface area contributed by atoms with E-state index < -0.39 is 5.72 Å². The Kier molecular flexibility index (Phi) is 3.03. The smallest absolute Gasteiger partial charge is 0.292 e. The molecule has 2 aromatic rings. The van der Waals surface area contributed by atoms with Crippen LogP contribution in [0, 0.1) is 0 Å². The molecule has 1 aromatic carbocycles. The highest BCUT2D eigenvalue weighted by Gasteiger charge is 2.65. The molecule has 1 aromatic heterocycles. The van der Waals surface area contributed by atoms with Crippen LogP contribution >= 0.6 is 0 Å². The van der Waals surface area contributed by atoms with Crippen molar-refractivity contribution in [1.29, 1.82) is 0 Å². The molecule has 25 heavy (non-hydrogen) atoms. The highest BCUT2D eigenvalue weighted by Crippen LogP contribution is 2.51. The highest BCUT2D eigenvalue weighted by molar-refractivity contribution is 5.93. The first-order chi connectivity index (χ1) is 12.2. The van der Waals surface area contributed by atoms with Crippen LogP contribution in [-0.2, 0) is 9.53 Å². The monoisotopic (exact) mass is 339 g/mol. The van der Waals surface area contributed by atoms with Gasteiger partial charge in [-0.15, -0.1) is 0 Å². The molecule has 2 amide bonds. The number of likely N-dealkylation sites (tertiary alicyclic amines) is 1. The summed E-state index contributed by atoms with van der Waals surface area (Å²) in [4.78, 5) is 29.0. The van der Waals surface area contributed by atoms with Gasteiger partial charge in [0.05, 0.1) is 31.3 Å². The van der Waals surface area contributed by atoms with E-state index in [1.807, 2.05) is 35.2 Å². The number of aromatic nitrogens is 1. The van der Waals surface area contributed by atoms with Gasteiger partial charge in [0.1, 0.15) is 0 Å². The first kappa shape index (κ1) is 14.7. The van der Waals surface area contributed by atoms with E-state index in [1.165, 1.54) is 6.20 Å². The third-order valence-electron chi connectivity index (χ3n) is 5.55. The van der Waals surface area contributed by atoms with Crippen molar-refractivity contribution >= 4 is 11.8 Å². The summed E-state index contributed by atoms with van der Waals surface area (Å²) in [5, 5.41) is 3.60. The lowest BCUT2D eigenvalue weighted by atomic mass is 10.0. The molecule has 3 saturated heterocycles. The number of hydrogen-bond donors (Lipinski definition) is 0. The Morgan fingerprint density at radius 3 is 2.84 bits per heavy atom. The van der Waals surface area contributed by atoms with Crippen LogP contribution in [-0.4, -0.2) is 51.7 Å². The minimum Gasteiger partial charge on any atom is -0.351 e. The third-order valence-corrected chi connectivity index (χ3v) is 5.55. The topological polar surface area (TPSA) is 75.9 Å². The highest BCUT2D eigenvalue weighted by atomic mass is 16.5. The number of benzene rings is 1. The predicted molar refractivity (Wildman–Crippen MR) is 85.3 cm³/mol. The second-order valence-electron chi connectivity index (χ2n) is 6.69. The standard InChI is InChI=1S/C18H17N3O4/c22-16-10-15-18(7-9-20(15)17(23)14-6-8-19-25-14)21(16)13(11-24-18)12-4-2-1-3-5-12/h1-6,8,13,15H,7,9-11H2/t13-,15+,18-/m0/s1. The molecule has 3 fully saturated rings. The summed E-state index contributed by atoms with van der Waals surface area (Å²) in [5.74, 6) is -0.00670. The summed E-state index contributed by atoms with van der Waals surface area (Å²) < 4.78 is 11.2. The SMILES string of the molecule is O=C(c1ccno1)N1CC[C@@]23OC[C@@H](c4ccccc4)N2C(=O)C[C@@H]13. The van der Waals surface area contributed by atoms with Gasteiger partial charge < -0.3 is 19.1 Å². The number of hydrogen-bond acceptors (Lipinski definition) is 5. The van der Waals surface area contributed by atoms with Crippen molar-refractivity contribution in [2.45, 2.75) is 30.7 Å². The van der Waals surface area contributed by atoms with Crippen LogP contribution in [0.2, 0.25) is 0 Å². The Morgan fingerprint density at radius 1 is 1.24 bits per heavy atom. The van der Waals surface area contributed by atoms with Gasteiger partial charge in [-0.05, 0) is 5.56 Å². The first-order valence-corrected chi connectivity index (χ1v) is 8.43. The molecule has 7 nitrogen and oxygen atoms in total. The van der Waals surface area contributed by atoms with Crippen molar-refractivity contribution in [3.05, 3.63) is 53.9 Å². The Morgan fingerprint density at radius 2 is 2.08 bits per heavy atom. The summed E-state index contributed by atoms with van der Waals surface area (Å²) in [5.41, 5.74) is 0.348. The number of amides is 2. The van der Waals surface area contributed by atoms with Crippen LogP contribution in [0.3, 0.4) is 0 Å². The van der Waals surface area contributed by atoms with Crippen molar-refractivity contribution in [2.24, 2.45) is 0 Å². The van der Waals surface area contributed by atoms with E-state index in [2.05, 4.69) is 5.16 Å². The van der Waals surface area contributed by atoms with Gasteiger partial charge in [0.2, 0.25) is 11.7 Å². The lowest BCUT2D eigenvalue weighted by Crippen LogP contribution is -2.49. The molecule has 0 saturated carbocycles. The van der Waals surface area contributed by atoms with E-state index in [9.17, 15) is 9.59 Å². The molecule has 0 unspecified atom stereocenters. The van der Waals surface area contributed by atoms with Gasteiger partial charge in [-0.2, -0.15) is 0 Å². The van der Waals surface area contributed by atoms with Gasteiger partial charge in [0.25, 0.3) is 5.91 Å².